The fourth-order valence-electron chi connectivity index (χ4n) is 3.52. The Morgan fingerprint density at radius 1 is 1.07 bits per heavy atom. The number of amides is 2. The molecule has 1 aromatic carbocycles. The SMILES string of the molecule is O=C(Nc1ccc(Cl)cc1)c1nc(C(=O)N2CCOCC2)c2n1CCCC2. The summed E-state index contributed by atoms with van der Waals surface area (Å²) in [6, 6.07) is 6.90. The van der Waals surface area contributed by atoms with Crippen molar-refractivity contribution in [3.63, 3.8) is 0 Å². The van der Waals surface area contributed by atoms with Crippen molar-refractivity contribution in [1.29, 1.82) is 0 Å². The standard InChI is InChI=1S/C19H21ClN4O3/c20-13-4-6-14(7-5-13)21-18(25)17-22-16(15-3-1-2-8-24(15)17)19(26)23-9-11-27-12-10-23/h4-7H,1-3,8-12H2,(H,21,25). The first-order valence-corrected chi connectivity index (χ1v) is 9.54. The van der Waals surface area contributed by atoms with Crippen LogP contribution in [0.5, 0.6) is 0 Å². The van der Waals surface area contributed by atoms with Gasteiger partial charge in [-0.15, -0.1) is 0 Å². The van der Waals surface area contributed by atoms with E-state index in [1.165, 1.54) is 0 Å². The van der Waals surface area contributed by atoms with Gasteiger partial charge >= 0.3 is 0 Å². The van der Waals surface area contributed by atoms with Crippen LogP contribution in [0.15, 0.2) is 24.3 Å². The molecular formula is C19H21ClN4O3. The number of carbonyl (C=O) groups is 2. The number of benzene rings is 1. The number of aromatic nitrogens is 2. The molecule has 7 nitrogen and oxygen atoms in total. The number of rotatable bonds is 3. The van der Waals surface area contributed by atoms with Crippen LogP contribution < -0.4 is 5.32 Å². The first-order valence-electron chi connectivity index (χ1n) is 9.17. The second-order valence-electron chi connectivity index (χ2n) is 6.71. The highest BCUT2D eigenvalue weighted by Crippen LogP contribution is 2.23. The quantitative estimate of drug-likeness (QED) is 0.876. The van der Waals surface area contributed by atoms with Crippen molar-refractivity contribution in [2.45, 2.75) is 25.8 Å². The van der Waals surface area contributed by atoms with Gasteiger partial charge < -0.3 is 19.5 Å². The molecule has 1 N–H and O–H groups in total. The molecule has 1 fully saturated rings. The molecule has 0 unspecified atom stereocenters. The van der Waals surface area contributed by atoms with Crippen LogP contribution in [0.25, 0.3) is 0 Å². The van der Waals surface area contributed by atoms with Gasteiger partial charge in [0.15, 0.2) is 5.82 Å². The highest BCUT2D eigenvalue weighted by Gasteiger charge is 2.30. The average molecular weight is 389 g/mol. The number of imidazole rings is 1. The number of morpholine rings is 1. The van der Waals surface area contributed by atoms with Gasteiger partial charge in [-0.1, -0.05) is 11.6 Å². The van der Waals surface area contributed by atoms with Crippen LogP contribution in [0, 0.1) is 0 Å². The highest BCUT2D eigenvalue weighted by atomic mass is 35.5. The Bertz CT molecular complexity index is 857. The van der Waals surface area contributed by atoms with Crippen LogP contribution in [0.3, 0.4) is 0 Å². The Morgan fingerprint density at radius 2 is 1.81 bits per heavy atom. The summed E-state index contributed by atoms with van der Waals surface area (Å²) in [6.07, 6.45) is 2.72. The Hall–Kier alpha value is -2.38. The lowest BCUT2D eigenvalue weighted by Crippen LogP contribution is -2.41. The molecule has 27 heavy (non-hydrogen) atoms. The number of anilines is 1. The van der Waals surface area contributed by atoms with E-state index >= 15 is 0 Å². The highest BCUT2D eigenvalue weighted by molar-refractivity contribution is 6.30. The minimum absolute atomic E-state index is 0.116. The van der Waals surface area contributed by atoms with E-state index in [1.54, 1.807) is 29.2 Å². The molecule has 0 atom stereocenters. The molecule has 2 aromatic rings. The zero-order chi connectivity index (χ0) is 18.8. The summed E-state index contributed by atoms with van der Waals surface area (Å²) < 4.78 is 7.21. The Balaban J connectivity index is 1.62. The third-order valence-corrected chi connectivity index (χ3v) is 5.18. The maximum Gasteiger partial charge on any atom is 0.291 e. The van der Waals surface area contributed by atoms with Gasteiger partial charge in [0.1, 0.15) is 5.69 Å². The topological polar surface area (TPSA) is 76.5 Å². The smallest absolute Gasteiger partial charge is 0.291 e. The molecule has 8 heteroatoms. The van der Waals surface area contributed by atoms with E-state index in [0.29, 0.717) is 49.3 Å². The first kappa shape index (κ1) is 18.0. The molecule has 0 aliphatic carbocycles. The number of nitrogens with one attached hydrogen (secondary N) is 1. The maximum atomic E-state index is 13.0. The van der Waals surface area contributed by atoms with Crippen molar-refractivity contribution in [2.24, 2.45) is 0 Å². The minimum Gasteiger partial charge on any atom is -0.378 e. The number of ether oxygens (including phenoxy) is 1. The molecule has 0 spiro atoms. The lowest BCUT2D eigenvalue weighted by molar-refractivity contribution is 0.0298. The van der Waals surface area contributed by atoms with E-state index in [4.69, 9.17) is 16.3 Å². The molecule has 0 radical (unpaired) electrons. The van der Waals surface area contributed by atoms with Gasteiger partial charge in [-0.25, -0.2) is 4.98 Å². The minimum atomic E-state index is -0.318. The summed E-state index contributed by atoms with van der Waals surface area (Å²) in [5.41, 5.74) is 1.90. The van der Waals surface area contributed by atoms with Crippen LogP contribution in [-0.2, 0) is 17.7 Å². The predicted octanol–water partition coefficient (Wildman–Crippen LogP) is 2.60. The van der Waals surface area contributed by atoms with Crippen LogP contribution in [0.1, 0.15) is 39.6 Å². The Morgan fingerprint density at radius 3 is 2.56 bits per heavy atom. The zero-order valence-corrected chi connectivity index (χ0v) is 15.7. The average Bonchev–Trinajstić information content (AvgIpc) is 3.10. The number of hydrogen-bond donors (Lipinski definition) is 1. The number of nitrogens with zero attached hydrogens (tertiary/aromatic N) is 3. The fraction of sp³-hybridized carbons (Fsp3) is 0.421. The monoisotopic (exact) mass is 388 g/mol. The van der Waals surface area contributed by atoms with Gasteiger partial charge in [-0.3, -0.25) is 9.59 Å². The molecule has 1 saturated heterocycles. The van der Waals surface area contributed by atoms with Gasteiger partial charge in [0.05, 0.1) is 18.9 Å². The van der Waals surface area contributed by atoms with Crippen LogP contribution in [-0.4, -0.2) is 52.6 Å². The van der Waals surface area contributed by atoms with Crippen molar-refractivity contribution in [3.05, 3.63) is 46.5 Å². The number of fused-ring (bicyclic) bond motifs is 1. The molecule has 4 rings (SSSR count). The van der Waals surface area contributed by atoms with Gasteiger partial charge in [0.25, 0.3) is 11.8 Å². The molecule has 2 amide bonds. The molecular weight excluding hydrogens is 368 g/mol. The molecule has 0 bridgehead atoms. The van der Waals surface area contributed by atoms with Crippen molar-refractivity contribution in [2.75, 3.05) is 31.6 Å². The summed E-state index contributed by atoms with van der Waals surface area (Å²) in [5, 5.41) is 3.44. The molecule has 1 aromatic heterocycles. The summed E-state index contributed by atoms with van der Waals surface area (Å²) in [6.45, 7) is 2.87. The number of halogens is 1. The molecule has 3 heterocycles. The number of carbonyl (C=O) groups excluding carboxylic acids is 2. The van der Waals surface area contributed by atoms with Crippen molar-refractivity contribution in [1.82, 2.24) is 14.5 Å². The van der Waals surface area contributed by atoms with Crippen molar-refractivity contribution >= 4 is 29.1 Å². The van der Waals surface area contributed by atoms with E-state index in [1.807, 2.05) is 4.57 Å². The predicted molar refractivity (Wildman–Crippen MR) is 101 cm³/mol. The van der Waals surface area contributed by atoms with Gasteiger partial charge in [-0.2, -0.15) is 0 Å². The van der Waals surface area contributed by atoms with E-state index in [0.717, 1.165) is 25.0 Å². The van der Waals surface area contributed by atoms with Crippen LogP contribution in [0.2, 0.25) is 5.02 Å². The van der Waals surface area contributed by atoms with Crippen LogP contribution in [0.4, 0.5) is 5.69 Å². The van der Waals surface area contributed by atoms with E-state index in [9.17, 15) is 9.59 Å². The van der Waals surface area contributed by atoms with E-state index in [2.05, 4.69) is 10.3 Å². The molecule has 0 saturated carbocycles. The normalized spacial score (nSPS) is 16.7. The summed E-state index contributed by atoms with van der Waals surface area (Å²) >= 11 is 5.89. The van der Waals surface area contributed by atoms with Gasteiger partial charge in [0.2, 0.25) is 0 Å². The summed E-state index contributed by atoms with van der Waals surface area (Å²) in [4.78, 5) is 32.0. The zero-order valence-electron chi connectivity index (χ0n) is 14.9. The first-order chi connectivity index (χ1) is 13.1. The largest absolute Gasteiger partial charge is 0.378 e. The van der Waals surface area contributed by atoms with Gasteiger partial charge in [-0.05, 0) is 43.5 Å². The van der Waals surface area contributed by atoms with Crippen molar-refractivity contribution in [3.8, 4) is 0 Å². The van der Waals surface area contributed by atoms with Crippen molar-refractivity contribution < 1.29 is 14.3 Å². The summed E-state index contributed by atoms with van der Waals surface area (Å²) in [5.74, 6) is -0.146. The second-order valence-corrected chi connectivity index (χ2v) is 7.14. The molecule has 2 aliphatic rings. The Kier molecular flexibility index (Phi) is 5.13. The van der Waals surface area contributed by atoms with Crippen LogP contribution >= 0.6 is 11.6 Å². The fourth-order valence-corrected chi connectivity index (χ4v) is 3.65. The molecule has 142 valence electrons. The van der Waals surface area contributed by atoms with E-state index in [-0.39, 0.29) is 17.6 Å². The lowest BCUT2D eigenvalue weighted by Gasteiger charge is -2.26. The lowest BCUT2D eigenvalue weighted by atomic mass is 10.1. The third kappa shape index (κ3) is 3.70. The van der Waals surface area contributed by atoms with Gasteiger partial charge in [0, 0.05) is 30.3 Å². The maximum absolute atomic E-state index is 13.0. The second kappa shape index (κ2) is 7.70. The third-order valence-electron chi connectivity index (χ3n) is 4.92. The van der Waals surface area contributed by atoms with E-state index < -0.39 is 0 Å². The summed E-state index contributed by atoms with van der Waals surface area (Å²) in [7, 11) is 0. The molecule has 2 aliphatic heterocycles. The Labute approximate surface area is 162 Å². The number of hydrogen-bond acceptors (Lipinski definition) is 4.